The van der Waals surface area contributed by atoms with Gasteiger partial charge in [0.2, 0.25) is 0 Å². The number of fused-ring (bicyclic) bond motifs is 1. The van der Waals surface area contributed by atoms with Crippen molar-refractivity contribution in [3.05, 3.63) is 40.5 Å². The molecule has 2 atom stereocenters. The highest BCUT2D eigenvalue weighted by molar-refractivity contribution is 6.34. The van der Waals surface area contributed by atoms with Crippen LogP contribution in [0.25, 0.3) is 22.2 Å². The number of nitrogens with zero attached hydrogens (tertiary/aromatic N) is 6. The zero-order valence-corrected chi connectivity index (χ0v) is 26.0. The SMILES string of the molecule is Cc1ccc(C(F)(F)F)c(-c2cc3nc(OC[C@@H]4[C@@H](F)CCN4C)nc(N4CCN(C(=O)OC(C)(C)C)CC4)c3cc2Cl)n1. The monoisotopic (exact) mass is 638 g/mol. The number of hydrogen-bond acceptors (Lipinski definition) is 8. The smallest absolute Gasteiger partial charge is 0.418 e. The summed E-state index contributed by atoms with van der Waals surface area (Å²) >= 11 is 6.64. The van der Waals surface area contributed by atoms with Crippen molar-refractivity contribution in [2.24, 2.45) is 0 Å². The van der Waals surface area contributed by atoms with Crippen LogP contribution in [-0.4, -0.2) is 95.0 Å². The molecule has 9 nitrogen and oxygen atoms in total. The maximum Gasteiger partial charge on any atom is 0.418 e. The summed E-state index contributed by atoms with van der Waals surface area (Å²) in [4.78, 5) is 31.4. The number of halogens is 5. The first-order valence-electron chi connectivity index (χ1n) is 14.4. The summed E-state index contributed by atoms with van der Waals surface area (Å²) in [6, 6.07) is 4.72. The highest BCUT2D eigenvalue weighted by Crippen LogP contribution is 2.41. The van der Waals surface area contributed by atoms with Gasteiger partial charge in [-0.3, -0.25) is 9.88 Å². The van der Waals surface area contributed by atoms with Gasteiger partial charge in [0.15, 0.2) is 0 Å². The Morgan fingerprint density at radius 3 is 2.36 bits per heavy atom. The zero-order chi connectivity index (χ0) is 32.0. The van der Waals surface area contributed by atoms with Crippen molar-refractivity contribution < 1.29 is 31.8 Å². The van der Waals surface area contributed by atoms with E-state index in [0.717, 1.165) is 6.07 Å². The van der Waals surface area contributed by atoms with E-state index in [4.69, 9.17) is 21.1 Å². The van der Waals surface area contributed by atoms with Gasteiger partial charge >= 0.3 is 18.3 Å². The standard InChI is InChI=1S/C30H35ClF4N6O3/c1-17-6-7-20(30(33,34)35)25(36-17)18-15-23-19(14-21(18)31)26(38-27(37-23)43-16-24-22(32)8-9-39(24)5)40-10-12-41(13-11-40)28(42)44-29(2,3)4/h6-7,14-15,22,24H,8-13,16H2,1-5H3/t22-,24+/m0/s1. The average molecular weight is 639 g/mol. The first kappa shape index (κ1) is 32.0. The van der Waals surface area contributed by atoms with Gasteiger partial charge in [-0.05, 0) is 65.4 Å². The van der Waals surface area contributed by atoms with E-state index in [1.807, 2.05) is 16.8 Å². The molecule has 2 aliphatic rings. The third-order valence-electron chi connectivity index (χ3n) is 7.69. The number of anilines is 1. The lowest BCUT2D eigenvalue weighted by atomic mass is 10.0. The van der Waals surface area contributed by atoms with Crippen molar-refractivity contribution in [3.8, 4) is 17.3 Å². The number of piperazine rings is 1. The number of alkyl halides is 4. The van der Waals surface area contributed by atoms with E-state index >= 15 is 0 Å². The van der Waals surface area contributed by atoms with Crippen LogP contribution in [-0.2, 0) is 10.9 Å². The second-order valence-electron chi connectivity index (χ2n) is 12.1. The summed E-state index contributed by atoms with van der Waals surface area (Å²) < 4.78 is 67.8. The summed E-state index contributed by atoms with van der Waals surface area (Å²) in [6.45, 7) is 9.05. The Morgan fingerprint density at radius 1 is 1.05 bits per heavy atom. The second kappa shape index (κ2) is 12.2. The molecule has 14 heteroatoms. The fraction of sp³-hybridized carbons (Fsp3) is 0.533. The van der Waals surface area contributed by atoms with Crippen LogP contribution in [0.3, 0.4) is 0 Å². The number of hydrogen-bond donors (Lipinski definition) is 0. The van der Waals surface area contributed by atoms with Gasteiger partial charge < -0.3 is 19.3 Å². The van der Waals surface area contributed by atoms with Gasteiger partial charge in [-0.25, -0.2) is 9.18 Å². The zero-order valence-electron chi connectivity index (χ0n) is 25.2. The normalized spacial score (nSPS) is 20.0. The van der Waals surface area contributed by atoms with Crippen molar-refractivity contribution in [1.82, 2.24) is 24.8 Å². The predicted octanol–water partition coefficient (Wildman–Crippen LogP) is 6.15. The third-order valence-corrected chi connectivity index (χ3v) is 8.01. The van der Waals surface area contributed by atoms with Crippen LogP contribution >= 0.6 is 11.6 Å². The average Bonchev–Trinajstić information content (AvgIpc) is 3.26. The number of aromatic nitrogens is 3. The molecule has 1 amide bonds. The summed E-state index contributed by atoms with van der Waals surface area (Å²) in [7, 11) is 1.81. The molecule has 0 N–H and O–H groups in total. The molecule has 4 heterocycles. The molecule has 0 aliphatic carbocycles. The van der Waals surface area contributed by atoms with E-state index in [0.29, 0.717) is 56.0 Å². The fourth-order valence-corrected chi connectivity index (χ4v) is 5.62. The van der Waals surface area contributed by atoms with Crippen LogP contribution in [0.1, 0.15) is 38.4 Å². The minimum absolute atomic E-state index is 0.00681. The highest BCUT2D eigenvalue weighted by atomic mass is 35.5. The van der Waals surface area contributed by atoms with E-state index in [1.54, 1.807) is 32.6 Å². The fourth-order valence-electron chi connectivity index (χ4n) is 5.37. The second-order valence-corrected chi connectivity index (χ2v) is 12.6. The molecular formula is C30H35ClF4N6O3. The molecule has 0 bridgehead atoms. The molecule has 44 heavy (non-hydrogen) atoms. The van der Waals surface area contributed by atoms with Crippen molar-refractivity contribution in [1.29, 1.82) is 0 Å². The number of likely N-dealkylation sites (tertiary alicyclic amines) is 1. The summed E-state index contributed by atoms with van der Waals surface area (Å²) in [6.07, 6.45) is -5.76. The number of likely N-dealkylation sites (N-methyl/N-ethyl adjacent to an activating group) is 1. The molecule has 1 aromatic carbocycles. The van der Waals surface area contributed by atoms with Gasteiger partial charge in [0, 0.05) is 49.4 Å². The Bertz CT molecular complexity index is 1530. The molecule has 0 saturated carbocycles. The van der Waals surface area contributed by atoms with Gasteiger partial charge in [-0.15, -0.1) is 0 Å². The Labute approximate surface area is 258 Å². The van der Waals surface area contributed by atoms with Crippen LogP contribution in [0.2, 0.25) is 5.02 Å². The minimum atomic E-state index is -4.66. The van der Waals surface area contributed by atoms with Crippen LogP contribution < -0.4 is 9.64 Å². The topological polar surface area (TPSA) is 83.9 Å². The Morgan fingerprint density at radius 2 is 1.75 bits per heavy atom. The summed E-state index contributed by atoms with van der Waals surface area (Å²) in [5, 5.41) is 0.527. The van der Waals surface area contributed by atoms with Crippen molar-refractivity contribution in [2.45, 2.75) is 58.1 Å². The van der Waals surface area contributed by atoms with Gasteiger partial charge in [-0.2, -0.15) is 23.1 Å². The largest absolute Gasteiger partial charge is 0.462 e. The molecule has 2 aliphatic heterocycles. The molecule has 0 spiro atoms. The van der Waals surface area contributed by atoms with Gasteiger partial charge in [0.05, 0.1) is 27.8 Å². The quantitative estimate of drug-likeness (QED) is 0.308. The molecule has 2 aromatic heterocycles. The number of benzene rings is 1. The van der Waals surface area contributed by atoms with Crippen molar-refractivity contribution in [3.63, 3.8) is 0 Å². The van der Waals surface area contributed by atoms with Crippen LogP contribution in [0.4, 0.5) is 28.2 Å². The van der Waals surface area contributed by atoms with Gasteiger partial charge in [0.1, 0.15) is 24.2 Å². The lowest BCUT2D eigenvalue weighted by Crippen LogP contribution is -2.50. The Hall–Kier alpha value is -3.45. The number of aryl methyl sites for hydroxylation is 1. The third kappa shape index (κ3) is 6.93. The minimum Gasteiger partial charge on any atom is -0.462 e. The first-order valence-corrected chi connectivity index (χ1v) is 14.7. The van der Waals surface area contributed by atoms with E-state index in [9.17, 15) is 22.4 Å². The molecule has 238 valence electrons. The van der Waals surface area contributed by atoms with E-state index in [-0.39, 0.29) is 34.4 Å². The van der Waals surface area contributed by atoms with Gasteiger partial charge in [0.25, 0.3) is 0 Å². The Kier molecular flexibility index (Phi) is 8.83. The lowest BCUT2D eigenvalue weighted by Gasteiger charge is -2.36. The number of carbonyl (C=O) groups is 1. The van der Waals surface area contributed by atoms with E-state index < -0.39 is 35.6 Å². The highest BCUT2D eigenvalue weighted by Gasteiger charge is 2.36. The van der Waals surface area contributed by atoms with Crippen LogP contribution in [0, 0.1) is 6.92 Å². The molecule has 2 fully saturated rings. The number of rotatable bonds is 5. The summed E-state index contributed by atoms with van der Waals surface area (Å²) in [5.74, 6) is 0.437. The molecule has 3 aromatic rings. The molecule has 0 unspecified atom stereocenters. The molecule has 2 saturated heterocycles. The predicted molar refractivity (Wildman–Crippen MR) is 159 cm³/mol. The van der Waals surface area contributed by atoms with Gasteiger partial charge in [-0.1, -0.05) is 11.6 Å². The first-order chi connectivity index (χ1) is 20.6. The number of carbonyl (C=O) groups excluding carboxylic acids is 1. The lowest BCUT2D eigenvalue weighted by molar-refractivity contribution is -0.137. The maximum absolute atomic E-state index is 14.5. The summed E-state index contributed by atoms with van der Waals surface area (Å²) in [5.41, 5.74) is -1.15. The molecule has 0 radical (unpaired) electrons. The van der Waals surface area contributed by atoms with Crippen LogP contribution in [0.5, 0.6) is 6.01 Å². The number of ether oxygens (including phenoxy) is 2. The Balaban J connectivity index is 1.54. The molecular weight excluding hydrogens is 604 g/mol. The molecule has 5 rings (SSSR count). The number of pyridine rings is 1. The number of amides is 1. The van der Waals surface area contributed by atoms with Crippen LogP contribution in [0.15, 0.2) is 24.3 Å². The van der Waals surface area contributed by atoms with E-state index in [1.165, 1.54) is 18.2 Å². The maximum atomic E-state index is 14.5. The van der Waals surface area contributed by atoms with Crippen molar-refractivity contribution in [2.75, 3.05) is 51.3 Å². The van der Waals surface area contributed by atoms with Crippen molar-refractivity contribution >= 4 is 34.4 Å². The van der Waals surface area contributed by atoms with E-state index in [2.05, 4.69) is 15.0 Å².